The molecule has 3 nitrogen and oxygen atoms in total. The quantitative estimate of drug-likeness (QED) is 0.742. The molecule has 12 heavy (non-hydrogen) atoms. The molecule has 0 aromatic carbocycles. The highest BCUT2D eigenvalue weighted by Crippen LogP contribution is 2.25. The Hall–Kier alpha value is -0.970. The van der Waals surface area contributed by atoms with E-state index in [1.807, 2.05) is 0 Å². The van der Waals surface area contributed by atoms with Gasteiger partial charge < -0.3 is 9.73 Å². The Morgan fingerprint density at radius 3 is 3.00 bits per heavy atom. The predicted octanol–water partition coefficient (Wildman–Crippen LogP) is 1.65. The summed E-state index contributed by atoms with van der Waals surface area (Å²) in [5.74, 6) is 0.201. The highest BCUT2D eigenvalue weighted by atomic mass is 19.3. The van der Waals surface area contributed by atoms with Crippen LogP contribution in [0.25, 0.3) is 0 Å². The van der Waals surface area contributed by atoms with Crippen LogP contribution in [0.2, 0.25) is 0 Å². The van der Waals surface area contributed by atoms with Crippen LogP contribution in [0.1, 0.15) is 31.8 Å². The summed E-state index contributed by atoms with van der Waals surface area (Å²) < 4.78 is 36.2. The second kappa shape index (κ2) is 2.82. The summed E-state index contributed by atoms with van der Waals surface area (Å²) in [6.07, 6.45) is -2.44. The molecule has 1 aromatic rings. The van der Waals surface area contributed by atoms with Gasteiger partial charge in [-0.2, -0.15) is 0 Å². The van der Waals surface area contributed by atoms with Crippen LogP contribution in [0.3, 0.4) is 0 Å². The molecular formula is C7H8F2N2O. The molecule has 0 spiro atoms. The Labute approximate surface area is 69.2 Å². The third-order valence-corrected chi connectivity index (χ3v) is 1.82. The molecule has 0 bridgehead atoms. The summed E-state index contributed by atoms with van der Waals surface area (Å²) in [6.45, 7) is 0.838. The number of oxazole rings is 1. The summed E-state index contributed by atoms with van der Waals surface area (Å²) >= 11 is 0. The normalized spacial score (nSPS) is 23.9. The van der Waals surface area contributed by atoms with E-state index in [0.29, 0.717) is 0 Å². The van der Waals surface area contributed by atoms with Gasteiger partial charge in [-0.1, -0.05) is 0 Å². The molecule has 5 heteroatoms. The van der Waals surface area contributed by atoms with Gasteiger partial charge in [-0.05, 0) is 13.0 Å². The Morgan fingerprint density at radius 1 is 1.83 bits per heavy atom. The Kier molecular flexibility index (Phi) is 1.54. The second-order valence-corrected chi connectivity index (χ2v) is 2.64. The minimum atomic E-state index is -2.73. The van der Waals surface area contributed by atoms with Gasteiger partial charge in [0.05, 0.1) is 6.04 Å². The number of halogens is 2. The molecule has 66 valence electrons. The topological polar surface area (TPSA) is 38.1 Å². The summed E-state index contributed by atoms with van der Waals surface area (Å²) in [4.78, 5) is 3.56. The highest BCUT2D eigenvalue weighted by Gasteiger charge is 2.24. The summed E-state index contributed by atoms with van der Waals surface area (Å²) in [6, 6.07) is -0.0865. The van der Waals surface area contributed by atoms with Gasteiger partial charge in [0.25, 0.3) is 6.43 Å². The van der Waals surface area contributed by atoms with E-state index in [9.17, 15) is 8.78 Å². The van der Waals surface area contributed by atoms with Crippen molar-refractivity contribution in [2.45, 2.75) is 18.9 Å². The standard InChI is InChI=1S/C7H8F2N2O/c8-6(9)5-3-12-7(11-5)4-1-2-10-4/h3-4,6,10H,1-2H2/t4-/m0/s1/i3D. The van der Waals surface area contributed by atoms with Crippen LogP contribution in [0, 0.1) is 0 Å². The fourth-order valence-corrected chi connectivity index (χ4v) is 1.01. The first-order valence-corrected chi connectivity index (χ1v) is 3.67. The number of nitrogens with one attached hydrogen (secondary N) is 1. The van der Waals surface area contributed by atoms with E-state index >= 15 is 0 Å². The van der Waals surface area contributed by atoms with Crippen molar-refractivity contribution in [3.05, 3.63) is 17.8 Å². The lowest BCUT2D eigenvalue weighted by molar-refractivity contribution is 0.146. The molecule has 2 rings (SSSR count). The Morgan fingerprint density at radius 2 is 2.58 bits per heavy atom. The molecule has 1 aromatic heterocycles. The van der Waals surface area contributed by atoms with Gasteiger partial charge in [-0.25, -0.2) is 13.8 Å². The molecule has 0 unspecified atom stereocenters. The Balaban J connectivity index is 2.23. The van der Waals surface area contributed by atoms with Crippen LogP contribution in [0.4, 0.5) is 8.78 Å². The molecule has 1 N–H and O–H groups in total. The number of hydrogen-bond acceptors (Lipinski definition) is 3. The van der Waals surface area contributed by atoms with Crippen LogP contribution in [-0.2, 0) is 0 Å². The van der Waals surface area contributed by atoms with Gasteiger partial charge in [-0.15, -0.1) is 0 Å². The van der Waals surface area contributed by atoms with E-state index in [2.05, 4.69) is 10.3 Å². The van der Waals surface area contributed by atoms with Gasteiger partial charge in [0, 0.05) is 0 Å². The smallest absolute Gasteiger partial charge is 0.283 e. The first kappa shape index (κ1) is 6.54. The van der Waals surface area contributed by atoms with Gasteiger partial charge in [0.15, 0.2) is 0 Å². The maximum Gasteiger partial charge on any atom is 0.283 e. The van der Waals surface area contributed by atoms with E-state index in [1.165, 1.54) is 0 Å². The average molecular weight is 175 g/mol. The van der Waals surface area contributed by atoms with Gasteiger partial charge in [0.1, 0.15) is 13.3 Å². The van der Waals surface area contributed by atoms with E-state index in [4.69, 9.17) is 5.79 Å². The van der Waals surface area contributed by atoms with Crippen molar-refractivity contribution in [3.8, 4) is 0 Å². The van der Waals surface area contributed by atoms with Crippen molar-refractivity contribution in [2.75, 3.05) is 6.54 Å². The van der Waals surface area contributed by atoms with Gasteiger partial charge >= 0.3 is 0 Å². The minimum Gasteiger partial charge on any atom is -0.447 e. The predicted molar refractivity (Wildman–Crippen MR) is 36.8 cm³/mol. The van der Waals surface area contributed by atoms with E-state index < -0.39 is 18.4 Å². The zero-order chi connectivity index (χ0) is 9.42. The second-order valence-electron chi connectivity index (χ2n) is 2.64. The van der Waals surface area contributed by atoms with E-state index in [0.717, 1.165) is 13.0 Å². The highest BCUT2D eigenvalue weighted by molar-refractivity contribution is 5.03. The zero-order valence-corrected chi connectivity index (χ0v) is 6.18. The van der Waals surface area contributed by atoms with E-state index in [-0.39, 0.29) is 11.9 Å². The molecule has 0 aliphatic carbocycles. The third kappa shape index (κ3) is 1.20. The Bertz CT molecular complexity index is 311. The summed E-state index contributed by atoms with van der Waals surface area (Å²) in [5, 5.41) is 2.96. The SMILES string of the molecule is [2H]c1oc([C@@H]2CCN2)nc1C(F)F. The van der Waals surface area contributed by atoms with Crippen molar-refractivity contribution in [1.29, 1.82) is 0 Å². The van der Waals surface area contributed by atoms with Gasteiger partial charge in [0.2, 0.25) is 5.89 Å². The largest absolute Gasteiger partial charge is 0.447 e. The lowest BCUT2D eigenvalue weighted by atomic mass is 10.1. The van der Waals surface area contributed by atoms with Crippen LogP contribution in [-0.4, -0.2) is 11.5 Å². The molecule has 2 heterocycles. The lowest BCUT2D eigenvalue weighted by Gasteiger charge is -2.23. The van der Waals surface area contributed by atoms with Crippen LogP contribution >= 0.6 is 0 Å². The van der Waals surface area contributed by atoms with Crippen molar-refractivity contribution < 1.29 is 14.6 Å². The average Bonchev–Trinajstić information content (AvgIpc) is 2.27. The number of alkyl halides is 2. The van der Waals surface area contributed by atoms with Crippen molar-refractivity contribution in [1.82, 2.24) is 10.3 Å². The van der Waals surface area contributed by atoms with Crippen molar-refractivity contribution in [3.63, 3.8) is 0 Å². The first-order chi connectivity index (χ1) is 6.18. The van der Waals surface area contributed by atoms with Gasteiger partial charge in [-0.3, -0.25) is 0 Å². The first-order valence-electron chi connectivity index (χ1n) is 4.17. The molecule has 0 radical (unpaired) electrons. The fraction of sp³-hybridized carbons (Fsp3) is 0.571. The molecule has 0 amide bonds. The molecule has 0 saturated carbocycles. The monoisotopic (exact) mass is 175 g/mol. The zero-order valence-electron chi connectivity index (χ0n) is 7.18. The molecular weight excluding hydrogens is 166 g/mol. The minimum absolute atomic E-state index is 0.0865. The molecule has 1 saturated heterocycles. The molecule has 1 aliphatic heterocycles. The van der Waals surface area contributed by atoms with E-state index in [1.54, 1.807) is 0 Å². The van der Waals surface area contributed by atoms with Crippen molar-refractivity contribution >= 4 is 0 Å². The van der Waals surface area contributed by atoms with Crippen LogP contribution < -0.4 is 5.32 Å². The number of rotatable bonds is 2. The number of nitrogens with zero attached hydrogens (tertiary/aromatic N) is 1. The maximum absolute atomic E-state index is 12.2. The number of hydrogen-bond donors (Lipinski definition) is 1. The number of aromatic nitrogens is 1. The van der Waals surface area contributed by atoms with Crippen LogP contribution in [0.15, 0.2) is 10.7 Å². The maximum atomic E-state index is 12.2. The molecule has 1 fully saturated rings. The summed E-state index contributed by atoms with van der Waals surface area (Å²) in [7, 11) is 0. The van der Waals surface area contributed by atoms with Crippen molar-refractivity contribution in [2.24, 2.45) is 0 Å². The summed E-state index contributed by atoms with van der Waals surface area (Å²) in [5.41, 5.74) is -0.566. The fourth-order valence-electron chi connectivity index (χ4n) is 1.01. The lowest BCUT2D eigenvalue weighted by Crippen LogP contribution is -2.35. The molecule has 1 atom stereocenters. The van der Waals surface area contributed by atoms with Crippen LogP contribution in [0.5, 0.6) is 0 Å². The molecule has 1 aliphatic rings. The third-order valence-electron chi connectivity index (χ3n) is 1.82.